The highest BCUT2D eigenvalue weighted by atomic mass is 16.5. The molecule has 1 aliphatic heterocycles. The van der Waals surface area contributed by atoms with Gasteiger partial charge in [-0.25, -0.2) is 9.78 Å². The van der Waals surface area contributed by atoms with Crippen LogP contribution < -0.4 is 15.4 Å². The predicted molar refractivity (Wildman–Crippen MR) is 124 cm³/mol. The molecule has 1 aromatic carbocycles. The Labute approximate surface area is 189 Å². The standard InChI is InChI=1S/C24H32N6O2/c1-28(2)24(18-10-5-4-6-11-18)14-23(15-24)16-29(19-12-26-21(25)27-20(19)32-3)22(31)30(23)13-17-8-7-9-17/h4-6,10-12,17H,7-9,13-16H2,1-3H3,(H2,25,26,27)/t23-,24+. The summed E-state index contributed by atoms with van der Waals surface area (Å²) in [4.78, 5) is 28.3. The monoisotopic (exact) mass is 436 g/mol. The lowest BCUT2D eigenvalue weighted by Gasteiger charge is -2.61. The van der Waals surface area contributed by atoms with Gasteiger partial charge in [-0.2, -0.15) is 4.98 Å². The molecule has 2 aromatic rings. The molecule has 1 saturated heterocycles. The van der Waals surface area contributed by atoms with E-state index in [1.54, 1.807) is 18.2 Å². The van der Waals surface area contributed by atoms with Crippen LogP contribution >= 0.6 is 0 Å². The van der Waals surface area contributed by atoms with Gasteiger partial charge in [0.15, 0.2) is 0 Å². The Balaban J connectivity index is 1.50. The number of hydrogen-bond donors (Lipinski definition) is 1. The molecule has 2 aliphatic carbocycles. The van der Waals surface area contributed by atoms with E-state index in [0.29, 0.717) is 24.0 Å². The molecule has 2 saturated carbocycles. The van der Waals surface area contributed by atoms with E-state index in [4.69, 9.17) is 10.5 Å². The first-order chi connectivity index (χ1) is 15.4. The number of anilines is 2. The zero-order valence-corrected chi connectivity index (χ0v) is 19.1. The topological polar surface area (TPSA) is 87.8 Å². The average molecular weight is 437 g/mol. The molecular formula is C24H32N6O2. The fourth-order valence-electron chi connectivity index (χ4n) is 5.76. The van der Waals surface area contributed by atoms with Crippen LogP contribution in [0.5, 0.6) is 5.88 Å². The molecule has 170 valence electrons. The number of nitrogen functional groups attached to an aromatic ring is 1. The lowest BCUT2D eigenvalue weighted by Crippen LogP contribution is -2.68. The molecule has 8 nitrogen and oxygen atoms in total. The molecule has 1 spiro atoms. The molecule has 2 N–H and O–H groups in total. The number of benzene rings is 1. The molecule has 0 radical (unpaired) electrons. The van der Waals surface area contributed by atoms with E-state index in [2.05, 4.69) is 64.2 Å². The molecule has 2 heterocycles. The van der Waals surface area contributed by atoms with Gasteiger partial charge >= 0.3 is 6.03 Å². The van der Waals surface area contributed by atoms with Gasteiger partial charge in [0, 0.05) is 6.54 Å². The van der Waals surface area contributed by atoms with E-state index in [-0.39, 0.29) is 23.1 Å². The van der Waals surface area contributed by atoms with E-state index in [1.165, 1.54) is 24.8 Å². The van der Waals surface area contributed by atoms with Gasteiger partial charge in [-0.1, -0.05) is 36.8 Å². The molecule has 2 amide bonds. The van der Waals surface area contributed by atoms with Gasteiger partial charge in [0.1, 0.15) is 5.69 Å². The highest BCUT2D eigenvalue weighted by Crippen LogP contribution is 2.57. The summed E-state index contributed by atoms with van der Waals surface area (Å²) in [6, 6.07) is 10.7. The molecule has 5 rings (SSSR count). The highest BCUT2D eigenvalue weighted by molar-refractivity contribution is 5.96. The van der Waals surface area contributed by atoms with Crippen molar-refractivity contribution in [1.29, 1.82) is 0 Å². The molecule has 3 aliphatic rings. The van der Waals surface area contributed by atoms with Crippen molar-refractivity contribution < 1.29 is 9.53 Å². The lowest BCUT2D eigenvalue weighted by molar-refractivity contribution is -0.0728. The SMILES string of the molecule is COc1nc(N)ncc1N1C[C@]2(C[C@](c3ccccc3)(N(C)C)C2)N(CC2CCC2)C1=O. The molecule has 0 atom stereocenters. The van der Waals surface area contributed by atoms with Crippen molar-refractivity contribution >= 4 is 17.7 Å². The number of amides is 2. The molecule has 8 heteroatoms. The Hall–Kier alpha value is -2.87. The maximum Gasteiger partial charge on any atom is 0.325 e. The normalized spacial score (nSPS) is 27.7. The summed E-state index contributed by atoms with van der Waals surface area (Å²) in [5.41, 5.74) is 7.34. The van der Waals surface area contributed by atoms with Gasteiger partial charge in [-0.15, -0.1) is 0 Å². The van der Waals surface area contributed by atoms with E-state index >= 15 is 0 Å². The third kappa shape index (κ3) is 3.11. The second-order valence-corrected chi connectivity index (χ2v) is 9.77. The van der Waals surface area contributed by atoms with Crippen molar-refractivity contribution in [3.63, 3.8) is 0 Å². The number of carbonyl (C=O) groups is 1. The number of aromatic nitrogens is 2. The van der Waals surface area contributed by atoms with Crippen LogP contribution in [-0.4, -0.2) is 65.6 Å². The molecule has 0 unspecified atom stereocenters. The number of methoxy groups -OCH3 is 1. The molecule has 3 fully saturated rings. The third-order valence-corrected chi connectivity index (χ3v) is 7.80. The Morgan fingerprint density at radius 2 is 1.94 bits per heavy atom. The summed E-state index contributed by atoms with van der Waals surface area (Å²) in [6.45, 7) is 1.41. The van der Waals surface area contributed by atoms with Crippen molar-refractivity contribution in [3.8, 4) is 5.88 Å². The van der Waals surface area contributed by atoms with E-state index in [0.717, 1.165) is 19.4 Å². The number of hydrogen-bond acceptors (Lipinski definition) is 6. The Morgan fingerprint density at radius 3 is 2.53 bits per heavy atom. The maximum absolute atomic E-state index is 13.8. The minimum Gasteiger partial charge on any atom is -0.479 e. The van der Waals surface area contributed by atoms with Crippen LogP contribution in [-0.2, 0) is 5.54 Å². The number of rotatable bonds is 6. The largest absolute Gasteiger partial charge is 0.479 e. The number of nitrogens with zero attached hydrogens (tertiary/aromatic N) is 5. The van der Waals surface area contributed by atoms with Crippen LogP contribution in [0, 0.1) is 5.92 Å². The molecule has 0 bridgehead atoms. The number of carbonyl (C=O) groups excluding carboxylic acids is 1. The summed E-state index contributed by atoms with van der Waals surface area (Å²) < 4.78 is 5.45. The Morgan fingerprint density at radius 1 is 1.22 bits per heavy atom. The fraction of sp³-hybridized carbons (Fsp3) is 0.542. The van der Waals surface area contributed by atoms with Crippen molar-refractivity contribution in [2.45, 2.75) is 43.2 Å². The minimum atomic E-state index is -0.223. The van der Waals surface area contributed by atoms with Crippen molar-refractivity contribution in [1.82, 2.24) is 19.8 Å². The minimum absolute atomic E-state index is 0.0176. The summed E-state index contributed by atoms with van der Waals surface area (Å²) in [5.74, 6) is 1.07. The first-order valence-electron chi connectivity index (χ1n) is 11.4. The van der Waals surface area contributed by atoms with Gasteiger partial charge in [0.25, 0.3) is 0 Å². The van der Waals surface area contributed by atoms with Gasteiger partial charge < -0.3 is 15.4 Å². The van der Waals surface area contributed by atoms with Gasteiger partial charge in [0.05, 0.1) is 30.9 Å². The van der Waals surface area contributed by atoms with Gasteiger partial charge in [-0.3, -0.25) is 9.80 Å². The number of ether oxygens (including phenoxy) is 1. The zero-order valence-electron chi connectivity index (χ0n) is 19.1. The van der Waals surface area contributed by atoms with E-state index in [1.807, 2.05) is 0 Å². The van der Waals surface area contributed by atoms with Crippen LogP contribution in [0.3, 0.4) is 0 Å². The van der Waals surface area contributed by atoms with Gasteiger partial charge in [-0.05, 0) is 51.3 Å². The molecular weight excluding hydrogens is 404 g/mol. The van der Waals surface area contributed by atoms with Crippen LogP contribution in [0.15, 0.2) is 36.5 Å². The first kappa shape index (κ1) is 21.0. The first-order valence-corrected chi connectivity index (χ1v) is 11.4. The van der Waals surface area contributed by atoms with E-state index < -0.39 is 0 Å². The lowest BCUT2D eigenvalue weighted by atomic mass is 9.58. The summed E-state index contributed by atoms with van der Waals surface area (Å²) >= 11 is 0. The van der Waals surface area contributed by atoms with Crippen molar-refractivity contribution in [2.75, 3.05) is 44.9 Å². The zero-order chi connectivity index (χ0) is 22.5. The summed E-state index contributed by atoms with van der Waals surface area (Å²) in [7, 11) is 5.83. The smallest absolute Gasteiger partial charge is 0.325 e. The van der Waals surface area contributed by atoms with Crippen LogP contribution in [0.1, 0.15) is 37.7 Å². The number of nitrogens with two attached hydrogens (primary N) is 1. The summed E-state index contributed by atoms with van der Waals surface area (Å²) in [5, 5.41) is 0. The quantitative estimate of drug-likeness (QED) is 0.749. The summed E-state index contributed by atoms with van der Waals surface area (Å²) in [6.07, 6.45) is 7.05. The van der Waals surface area contributed by atoms with E-state index in [9.17, 15) is 4.79 Å². The second kappa shape index (κ2) is 7.62. The third-order valence-electron chi connectivity index (χ3n) is 7.80. The van der Waals surface area contributed by atoms with Crippen LogP contribution in [0.25, 0.3) is 0 Å². The maximum atomic E-state index is 13.8. The van der Waals surface area contributed by atoms with Crippen LogP contribution in [0.2, 0.25) is 0 Å². The highest BCUT2D eigenvalue weighted by Gasteiger charge is 2.65. The molecule has 1 aromatic heterocycles. The van der Waals surface area contributed by atoms with Gasteiger partial charge in [0.2, 0.25) is 11.8 Å². The Kier molecular flexibility index (Phi) is 5.00. The Bertz CT molecular complexity index is 1000. The van der Waals surface area contributed by atoms with Crippen LogP contribution in [0.4, 0.5) is 16.4 Å². The van der Waals surface area contributed by atoms with Crippen molar-refractivity contribution in [3.05, 3.63) is 42.1 Å². The average Bonchev–Trinajstić information content (AvgIpc) is 3.01. The molecule has 32 heavy (non-hydrogen) atoms. The fourth-order valence-corrected chi connectivity index (χ4v) is 5.76. The van der Waals surface area contributed by atoms with Crippen molar-refractivity contribution in [2.24, 2.45) is 5.92 Å². The number of urea groups is 1. The second-order valence-electron chi connectivity index (χ2n) is 9.77. The predicted octanol–water partition coefficient (Wildman–Crippen LogP) is 3.10.